The average molecular weight is 170 g/mol. The van der Waals surface area contributed by atoms with Gasteiger partial charge in [0.1, 0.15) is 0 Å². The van der Waals surface area contributed by atoms with Crippen LogP contribution >= 0.6 is 0 Å². The van der Waals surface area contributed by atoms with Gasteiger partial charge in [-0.25, -0.2) is 0 Å². The lowest BCUT2D eigenvalue weighted by Gasteiger charge is -2.41. The Hall–Kier alpha value is -0.120. The third kappa shape index (κ3) is 1.63. The van der Waals surface area contributed by atoms with Gasteiger partial charge < -0.3 is 10.1 Å². The summed E-state index contributed by atoms with van der Waals surface area (Å²) in [5.74, 6) is 0. The number of hydrogen-bond acceptors (Lipinski definition) is 3. The van der Waals surface area contributed by atoms with Crippen LogP contribution in [0.5, 0.6) is 0 Å². The number of nitrogens with zero attached hydrogens (tertiary/aromatic N) is 1. The van der Waals surface area contributed by atoms with Gasteiger partial charge in [-0.1, -0.05) is 0 Å². The van der Waals surface area contributed by atoms with Crippen molar-refractivity contribution in [3.63, 3.8) is 0 Å². The lowest BCUT2D eigenvalue weighted by Crippen LogP contribution is -2.59. The van der Waals surface area contributed by atoms with Crippen LogP contribution in [0, 0.1) is 0 Å². The maximum Gasteiger partial charge on any atom is 0.0621 e. The molecule has 0 aromatic rings. The highest BCUT2D eigenvalue weighted by Crippen LogP contribution is 2.15. The Kier molecular flexibility index (Phi) is 2.63. The SMILES string of the molecule is CN(C1CNC1)C1CCCOC1. The predicted octanol–water partition coefficient (Wildman–Crippen LogP) is 0.0690. The van der Waals surface area contributed by atoms with Crippen LogP contribution in [0.1, 0.15) is 12.8 Å². The second kappa shape index (κ2) is 3.73. The van der Waals surface area contributed by atoms with Gasteiger partial charge in [0.2, 0.25) is 0 Å². The average Bonchev–Trinajstić information content (AvgIpc) is 2.03. The Bertz CT molecular complexity index is 141. The van der Waals surface area contributed by atoms with Gasteiger partial charge >= 0.3 is 0 Å². The van der Waals surface area contributed by atoms with E-state index in [1.54, 1.807) is 0 Å². The molecule has 0 saturated carbocycles. The molecule has 0 radical (unpaired) electrons. The molecule has 2 heterocycles. The summed E-state index contributed by atoms with van der Waals surface area (Å²) in [6.45, 7) is 4.22. The fourth-order valence-corrected chi connectivity index (χ4v) is 1.90. The number of hydrogen-bond donors (Lipinski definition) is 1. The fourth-order valence-electron chi connectivity index (χ4n) is 1.90. The third-order valence-electron chi connectivity index (χ3n) is 3.05. The molecule has 1 N–H and O–H groups in total. The molecule has 2 saturated heterocycles. The first-order chi connectivity index (χ1) is 5.88. The normalized spacial score (nSPS) is 32.0. The van der Waals surface area contributed by atoms with Crippen LogP contribution in [0.2, 0.25) is 0 Å². The van der Waals surface area contributed by atoms with Gasteiger partial charge in [-0.3, -0.25) is 4.90 Å². The molecule has 3 heteroatoms. The third-order valence-corrected chi connectivity index (χ3v) is 3.05. The second-order valence-corrected chi connectivity index (χ2v) is 3.85. The monoisotopic (exact) mass is 170 g/mol. The highest BCUT2D eigenvalue weighted by molar-refractivity contribution is 4.87. The van der Waals surface area contributed by atoms with Crippen LogP contribution < -0.4 is 5.32 Å². The smallest absolute Gasteiger partial charge is 0.0621 e. The molecule has 12 heavy (non-hydrogen) atoms. The molecule has 2 aliphatic rings. The molecular weight excluding hydrogens is 152 g/mol. The number of rotatable bonds is 2. The number of ether oxygens (including phenoxy) is 1. The van der Waals surface area contributed by atoms with Gasteiger partial charge in [-0.2, -0.15) is 0 Å². The van der Waals surface area contributed by atoms with Gasteiger partial charge in [0.25, 0.3) is 0 Å². The van der Waals surface area contributed by atoms with Gasteiger partial charge in [0, 0.05) is 31.8 Å². The number of nitrogens with one attached hydrogen (secondary N) is 1. The van der Waals surface area contributed by atoms with Gasteiger partial charge in [-0.05, 0) is 19.9 Å². The predicted molar refractivity (Wildman–Crippen MR) is 48.3 cm³/mol. The van der Waals surface area contributed by atoms with Crippen LogP contribution in [-0.2, 0) is 4.74 Å². The highest BCUT2D eigenvalue weighted by atomic mass is 16.5. The Balaban J connectivity index is 1.80. The molecule has 2 fully saturated rings. The zero-order chi connectivity index (χ0) is 8.39. The van der Waals surface area contributed by atoms with E-state index in [1.165, 1.54) is 12.8 Å². The van der Waals surface area contributed by atoms with Crippen LogP contribution in [0.25, 0.3) is 0 Å². The molecule has 3 nitrogen and oxygen atoms in total. The summed E-state index contributed by atoms with van der Waals surface area (Å²) in [4.78, 5) is 2.48. The zero-order valence-corrected chi connectivity index (χ0v) is 7.75. The molecule has 2 aliphatic heterocycles. The zero-order valence-electron chi connectivity index (χ0n) is 7.75. The summed E-state index contributed by atoms with van der Waals surface area (Å²) < 4.78 is 5.46. The lowest BCUT2D eigenvalue weighted by atomic mass is 10.0. The molecular formula is C9H18N2O. The fraction of sp³-hybridized carbons (Fsp3) is 1.00. The van der Waals surface area contributed by atoms with Crippen molar-refractivity contribution in [1.29, 1.82) is 0 Å². The van der Waals surface area contributed by atoms with E-state index in [4.69, 9.17) is 4.74 Å². The summed E-state index contributed by atoms with van der Waals surface area (Å²) in [5, 5.41) is 3.30. The van der Waals surface area contributed by atoms with Crippen LogP contribution in [0.4, 0.5) is 0 Å². The maximum atomic E-state index is 5.46. The lowest BCUT2D eigenvalue weighted by molar-refractivity contribution is 0.00302. The van der Waals surface area contributed by atoms with E-state index in [2.05, 4.69) is 17.3 Å². The van der Waals surface area contributed by atoms with E-state index in [9.17, 15) is 0 Å². The minimum Gasteiger partial charge on any atom is -0.380 e. The topological polar surface area (TPSA) is 24.5 Å². The van der Waals surface area contributed by atoms with Crippen molar-refractivity contribution in [2.45, 2.75) is 24.9 Å². The van der Waals surface area contributed by atoms with E-state index >= 15 is 0 Å². The minimum absolute atomic E-state index is 0.672. The first-order valence-corrected chi connectivity index (χ1v) is 4.88. The number of likely N-dealkylation sites (N-methyl/N-ethyl adjacent to an activating group) is 1. The van der Waals surface area contributed by atoms with E-state index in [0.29, 0.717) is 6.04 Å². The summed E-state index contributed by atoms with van der Waals surface area (Å²) in [6.07, 6.45) is 2.54. The van der Waals surface area contributed by atoms with Crippen LogP contribution in [0.3, 0.4) is 0 Å². The summed E-state index contributed by atoms with van der Waals surface area (Å²) in [5.41, 5.74) is 0. The summed E-state index contributed by atoms with van der Waals surface area (Å²) in [7, 11) is 2.23. The van der Waals surface area contributed by atoms with Crippen molar-refractivity contribution in [2.24, 2.45) is 0 Å². The van der Waals surface area contributed by atoms with Crippen molar-refractivity contribution >= 4 is 0 Å². The Labute approximate surface area is 74.1 Å². The minimum atomic E-state index is 0.672. The van der Waals surface area contributed by atoms with E-state index < -0.39 is 0 Å². The van der Waals surface area contributed by atoms with E-state index in [0.717, 1.165) is 32.3 Å². The van der Waals surface area contributed by atoms with Crippen molar-refractivity contribution < 1.29 is 4.74 Å². The van der Waals surface area contributed by atoms with Crippen molar-refractivity contribution in [3.8, 4) is 0 Å². The molecule has 0 spiro atoms. The summed E-state index contributed by atoms with van der Waals surface area (Å²) in [6, 6.07) is 1.43. The largest absolute Gasteiger partial charge is 0.380 e. The maximum absolute atomic E-state index is 5.46. The molecule has 0 amide bonds. The van der Waals surface area contributed by atoms with E-state index in [-0.39, 0.29) is 0 Å². The van der Waals surface area contributed by atoms with Crippen molar-refractivity contribution in [3.05, 3.63) is 0 Å². The first kappa shape index (κ1) is 8.48. The van der Waals surface area contributed by atoms with E-state index in [1.807, 2.05) is 0 Å². The van der Waals surface area contributed by atoms with Crippen molar-refractivity contribution in [2.75, 3.05) is 33.4 Å². The first-order valence-electron chi connectivity index (χ1n) is 4.88. The quantitative estimate of drug-likeness (QED) is 0.634. The highest BCUT2D eigenvalue weighted by Gasteiger charge is 2.28. The summed E-state index contributed by atoms with van der Waals surface area (Å²) >= 11 is 0. The van der Waals surface area contributed by atoms with Gasteiger partial charge in [-0.15, -0.1) is 0 Å². The Morgan fingerprint density at radius 2 is 2.17 bits per heavy atom. The Morgan fingerprint density at radius 1 is 1.33 bits per heavy atom. The second-order valence-electron chi connectivity index (χ2n) is 3.85. The molecule has 1 atom stereocenters. The van der Waals surface area contributed by atoms with Gasteiger partial charge in [0.05, 0.1) is 6.61 Å². The molecule has 0 bridgehead atoms. The van der Waals surface area contributed by atoms with Crippen LogP contribution in [-0.4, -0.2) is 50.3 Å². The van der Waals surface area contributed by atoms with Crippen LogP contribution in [0.15, 0.2) is 0 Å². The molecule has 0 aromatic carbocycles. The Morgan fingerprint density at radius 3 is 2.67 bits per heavy atom. The molecule has 0 aliphatic carbocycles. The molecule has 1 unspecified atom stereocenters. The molecule has 70 valence electrons. The van der Waals surface area contributed by atoms with Crippen molar-refractivity contribution in [1.82, 2.24) is 10.2 Å². The van der Waals surface area contributed by atoms with Gasteiger partial charge in [0.15, 0.2) is 0 Å². The molecule has 2 rings (SSSR count). The standard InChI is InChI=1S/C9H18N2O/c1-11(9-5-10-6-9)8-3-2-4-12-7-8/h8-10H,2-7H2,1H3. The molecule has 0 aromatic heterocycles.